The SMILES string of the molecule is Cc1cc(C(=O)NC(Cc2ccccc2)C(=O)C(N)=O)n(-c2ccsc2)n1. The molecule has 27 heavy (non-hydrogen) atoms. The standard InChI is InChI=1S/C19H18N4O3S/c1-12-9-16(23(22-12)14-7-8-27-11-14)19(26)21-15(17(24)18(20)25)10-13-5-3-2-4-6-13/h2-9,11,15H,10H2,1H3,(H2,20,25)(H,21,26). The molecule has 1 unspecified atom stereocenters. The summed E-state index contributed by atoms with van der Waals surface area (Å²) in [5.41, 5.74) is 7.65. The number of hydrogen-bond acceptors (Lipinski definition) is 5. The summed E-state index contributed by atoms with van der Waals surface area (Å²) < 4.78 is 1.51. The number of Topliss-reactive ketones (excluding diaryl/α,β-unsaturated/α-hetero) is 1. The monoisotopic (exact) mass is 382 g/mol. The Kier molecular flexibility index (Phi) is 5.46. The van der Waals surface area contributed by atoms with Gasteiger partial charge in [0, 0.05) is 11.8 Å². The predicted octanol–water partition coefficient (Wildman–Crippen LogP) is 1.64. The van der Waals surface area contributed by atoms with Gasteiger partial charge in [0.15, 0.2) is 0 Å². The molecule has 0 aliphatic carbocycles. The van der Waals surface area contributed by atoms with Gasteiger partial charge in [-0.2, -0.15) is 16.4 Å². The molecule has 2 amide bonds. The van der Waals surface area contributed by atoms with E-state index in [1.54, 1.807) is 13.0 Å². The Morgan fingerprint density at radius 1 is 1.22 bits per heavy atom. The lowest BCUT2D eigenvalue weighted by Gasteiger charge is -2.16. The number of primary amides is 1. The number of aryl methyl sites for hydroxylation is 1. The number of nitrogens with zero attached hydrogens (tertiary/aromatic N) is 2. The summed E-state index contributed by atoms with van der Waals surface area (Å²) in [5, 5.41) is 10.7. The van der Waals surface area contributed by atoms with Crippen LogP contribution in [0.1, 0.15) is 21.7 Å². The number of benzene rings is 1. The summed E-state index contributed by atoms with van der Waals surface area (Å²) in [6.45, 7) is 1.77. The largest absolute Gasteiger partial charge is 0.363 e. The molecule has 0 saturated carbocycles. The van der Waals surface area contributed by atoms with Gasteiger partial charge in [0.2, 0.25) is 5.78 Å². The van der Waals surface area contributed by atoms with Crippen molar-refractivity contribution in [2.24, 2.45) is 5.73 Å². The molecule has 0 aliphatic heterocycles. The fraction of sp³-hybridized carbons (Fsp3) is 0.158. The van der Waals surface area contributed by atoms with Crippen molar-refractivity contribution in [3.8, 4) is 5.69 Å². The first-order chi connectivity index (χ1) is 13.0. The van der Waals surface area contributed by atoms with Gasteiger partial charge >= 0.3 is 0 Å². The fourth-order valence-corrected chi connectivity index (χ4v) is 3.31. The van der Waals surface area contributed by atoms with Crippen molar-refractivity contribution in [3.63, 3.8) is 0 Å². The van der Waals surface area contributed by atoms with Crippen LogP contribution < -0.4 is 11.1 Å². The van der Waals surface area contributed by atoms with E-state index in [9.17, 15) is 14.4 Å². The molecule has 0 aliphatic rings. The van der Waals surface area contributed by atoms with Gasteiger partial charge in [-0.05, 0) is 30.0 Å². The number of amides is 2. The minimum Gasteiger partial charge on any atom is -0.363 e. The molecule has 0 saturated heterocycles. The molecule has 3 N–H and O–H groups in total. The van der Waals surface area contributed by atoms with E-state index < -0.39 is 23.6 Å². The lowest BCUT2D eigenvalue weighted by atomic mass is 10.0. The fourth-order valence-electron chi connectivity index (χ4n) is 2.70. The maximum atomic E-state index is 12.8. The third-order valence-electron chi connectivity index (χ3n) is 3.96. The topological polar surface area (TPSA) is 107 Å². The molecule has 3 aromatic rings. The summed E-state index contributed by atoms with van der Waals surface area (Å²) >= 11 is 1.48. The van der Waals surface area contributed by atoms with Crippen molar-refractivity contribution >= 4 is 28.9 Å². The van der Waals surface area contributed by atoms with E-state index in [0.29, 0.717) is 5.69 Å². The zero-order valence-electron chi connectivity index (χ0n) is 14.6. The van der Waals surface area contributed by atoms with Gasteiger partial charge < -0.3 is 11.1 Å². The van der Waals surface area contributed by atoms with E-state index in [0.717, 1.165) is 11.3 Å². The van der Waals surface area contributed by atoms with Crippen molar-refractivity contribution in [1.29, 1.82) is 0 Å². The summed E-state index contributed by atoms with van der Waals surface area (Å²) in [6, 6.07) is 11.5. The molecule has 0 radical (unpaired) electrons. The van der Waals surface area contributed by atoms with Gasteiger partial charge in [0.25, 0.3) is 11.8 Å². The Morgan fingerprint density at radius 3 is 2.59 bits per heavy atom. The van der Waals surface area contributed by atoms with Crippen LogP contribution in [0.25, 0.3) is 5.69 Å². The zero-order valence-corrected chi connectivity index (χ0v) is 15.4. The van der Waals surface area contributed by atoms with E-state index in [1.165, 1.54) is 16.0 Å². The quantitative estimate of drug-likeness (QED) is 0.606. The summed E-state index contributed by atoms with van der Waals surface area (Å²) in [5.74, 6) is -2.43. The molecule has 2 aromatic heterocycles. The minimum absolute atomic E-state index is 0.167. The predicted molar refractivity (Wildman–Crippen MR) is 102 cm³/mol. The number of thiophene rings is 1. The van der Waals surface area contributed by atoms with Gasteiger partial charge in [-0.15, -0.1) is 0 Å². The van der Waals surface area contributed by atoms with Crippen molar-refractivity contribution in [2.45, 2.75) is 19.4 Å². The normalized spacial score (nSPS) is 11.7. The van der Waals surface area contributed by atoms with Gasteiger partial charge in [-0.3, -0.25) is 14.4 Å². The van der Waals surface area contributed by atoms with E-state index >= 15 is 0 Å². The average Bonchev–Trinajstić information content (AvgIpc) is 3.30. The van der Waals surface area contributed by atoms with E-state index in [4.69, 9.17) is 5.73 Å². The van der Waals surface area contributed by atoms with Crippen molar-refractivity contribution < 1.29 is 14.4 Å². The molecule has 0 bridgehead atoms. The molecule has 0 spiro atoms. The second kappa shape index (κ2) is 7.96. The van der Waals surface area contributed by atoms with Crippen LogP contribution in [0, 0.1) is 6.92 Å². The molecule has 8 heteroatoms. The van der Waals surface area contributed by atoms with E-state index in [-0.39, 0.29) is 12.1 Å². The van der Waals surface area contributed by atoms with Gasteiger partial charge in [-0.25, -0.2) is 4.68 Å². The summed E-state index contributed by atoms with van der Waals surface area (Å²) in [6.07, 6.45) is 0.167. The number of ketones is 1. The smallest absolute Gasteiger partial charge is 0.287 e. The third kappa shape index (κ3) is 4.29. The number of carbonyl (C=O) groups excluding carboxylic acids is 3. The van der Waals surface area contributed by atoms with Crippen LogP contribution in [0.3, 0.4) is 0 Å². The summed E-state index contributed by atoms with van der Waals surface area (Å²) in [4.78, 5) is 36.5. The van der Waals surface area contributed by atoms with Crippen LogP contribution >= 0.6 is 11.3 Å². The van der Waals surface area contributed by atoms with Crippen LogP contribution in [0.5, 0.6) is 0 Å². The third-order valence-corrected chi connectivity index (χ3v) is 4.63. The number of nitrogens with two attached hydrogens (primary N) is 1. The number of carbonyl (C=O) groups is 3. The molecule has 7 nitrogen and oxygen atoms in total. The Labute approximate surface area is 159 Å². The highest BCUT2D eigenvalue weighted by molar-refractivity contribution is 7.08. The first kappa shape index (κ1) is 18.5. The highest BCUT2D eigenvalue weighted by Crippen LogP contribution is 2.16. The van der Waals surface area contributed by atoms with E-state index in [2.05, 4.69) is 10.4 Å². The highest BCUT2D eigenvalue weighted by Gasteiger charge is 2.27. The zero-order chi connectivity index (χ0) is 19.4. The van der Waals surface area contributed by atoms with Gasteiger partial charge in [-0.1, -0.05) is 30.3 Å². The molecule has 3 rings (SSSR count). The lowest BCUT2D eigenvalue weighted by Crippen LogP contribution is -2.47. The van der Waals surface area contributed by atoms with Crippen molar-refractivity contribution in [2.75, 3.05) is 0 Å². The van der Waals surface area contributed by atoms with Crippen molar-refractivity contribution in [3.05, 3.63) is 70.2 Å². The summed E-state index contributed by atoms with van der Waals surface area (Å²) in [7, 11) is 0. The van der Waals surface area contributed by atoms with Crippen LogP contribution in [0.2, 0.25) is 0 Å². The number of aromatic nitrogens is 2. The number of nitrogens with one attached hydrogen (secondary N) is 1. The van der Waals surface area contributed by atoms with Gasteiger partial charge in [0.1, 0.15) is 11.7 Å². The van der Waals surface area contributed by atoms with Crippen LogP contribution in [-0.2, 0) is 16.0 Å². The first-order valence-electron chi connectivity index (χ1n) is 8.23. The molecule has 138 valence electrons. The highest BCUT2D eigenvalue weighted by atomic mass is 32.1. The van der Waals surface area contributed by atoms with Crippen LogP contribution in [-0.4, -0.2) is 33.4 Å². The number of hydrogen-bond donors (Lipinski definition) is 2. The second-order valence-corrected chi connectivity index (χ2v) is 6.79. The number of rotatable bonds is 7. The Bertz CT molecular complexity index is 964. The Balaban J connectivity index is 1.87. The first-order valence-corrected chi connectivity index (χ1v) is 9.17. The molecule has 0 fully saturated rings. The average molecular weight is 382 g/mol. The maximum absolute atomic E-state index is 12.8. The van der Waals surface area contributed by atoms with E-state index in [1.807, 2.05) is 47.2 Å². The molecule has 1 aromatic carbocycles. The van der Waals surface area contributed by atoms with Gasteiger partial charge in [0.05, 0.1) is 11.4 Å². The molecule has 2 heterocycles. The minimum atomic E-state index is -1.08. The second-order valence-electron chi connectivity index (χ2n) is 6.01. The van der Waals surface area contributed by atoms with Crippen LogP contribution in [0.15, 0.2) is 53.2 Å². The van der Waals surface area contributed by atoms with Crippen LogP contribution in [0.4, 0.5) is 0 Å². The molecular weight excluding hydrogens is 364 g/mol. The molecule has 1 atom stereocenters. The van der Waals surface area contributed by atoms with Crippen molar-refractivity contribution in [1.82, 2.24) is 15.1 Å². The Hall–Kier alpha value is -3.26. The Morgan fingerprint density at radius 2 is 1.96 bits per heavy atom. The molecular formula is C19H18N4O3S. The maximum Gasteiger partial charge on any atom is 0.287 e. The lowest BCUT2D eigenvalue weighted by molar-refractivity contribution is -0.137.